The highest BCUT2D eigenvalue weighted by atomic mass is 16.1. The van der Waals surface area contributed by atoms with Gasteiger partial charge in [0, 0.05) is 6.08 Å². The van der Waals surface area contributed by atoms with Crippen LogP contribution >= 0.6 is 0 Å². The second kappa shape index (κ2) is 5.72. The van der Waals surface area contributed by atoms with Gasteiger partial charge in [0.2, 0.25) is 5.91 Å². The standard InChI is InChI=1S/C13H14N2O/c1-10-5-3-4-6-12(10)11(2)9-13(16)15-8-7-14/h3-6,9H,8H2,1-2H3,(H,15,16). The van der Waals surface area contributed by atoms with E-state index in [-0.39, 0.29) is 12.5 Å². The summed E-state index contributed by atoms with van der Waals surface area (Å²) in [6.07, 6.45) is 1.51. The van der Waals surface area contributed by atoms with Gasteiger partial charge >= 0.3 is 0 Å². The minimum atomic E-state index is -0.234. The van der Waals surface area contributed by atoms with Crippen molar-refractivity contribution in [2.24, 2.45) is 0 Å². The van der Waals surface area contributed by atoms with Gasteiger partial charge in [-0.25, -0.2) is 0 Å². The maximum absolute atomic E-state index is 11.4. The Balaban J connectivity index is 2.82. The first-order valence-corrected chi connectivity index (χ1v) is 5.04. The number of nitriles is 1. The van der Waals surface area contributed by atoms with Crippen molar-refractivity contribution in [2.45, 2.75) is 13.8 Å². The number of benzene rings is 1. The van der Waals surface area contributed by atoms with Crippen LogP contribution in [0.2, 0.25) is 0 Å². The van der Waals surface area contributed by atoms with Crippen LogP contribution in [0.15, 0.2) is 30.3 Å². The highest BCUT2D eigenvalue weighted by Crippen LogP contribution is 2.17. The summed E-state index contributed by atoms with van der Waals surface area (Å²) in [7, 11) is 0. The largest absolute Gasteiger partial charge is 0.339 e. The highest BCUT2D eigenvalue weighted by Gasteiger charge is 2.01. The summed E-state index contributed by atoms with van der Waals surface area (Å²) in [5.74, 6) is -0.234. The van der Waals surface area contributed by atoms with Crippen LogP contribution < -0.4 is 5.32 Å². The molecule has 3 nitrogen and oxygen atoms in total. The van der Waals surface area contributed by atoms with Crippen molar-refractivity contribution < 1.29 is 4.79 Å². The van der Waals surface area contributed by atoms with Crippen molar-refractivity contribution in [3.05, 3.63) is 41.5 Å². The molecule has 1 N–H and O–H groups in total. The molecule has 3 heteroatoms. The van der Waals surface area contributed by atoms with Crippen molar-refractivity contribution in [3.8, 4) is 6.07 Å². The van der Waals surface area contributed by atoms with Gasteiger partial charge in [-0.1, -0.05) is 24.3 Å². The molecule has 82 valence electrons. The molecule has 0 aliphatic rings. The maximum atomic E-state index is 11.4. The van der Waals surface area contributed by atoms with E-state index in [0.717, 1.165) is 16.7 Å². The predicted octanol–water partition coefficient (Wildman–Crippen LogP) is 2.04. The van der Waals surface area contributed by atoms with Gasteiger partial charge in [0.15, 0.2) is 0 Å². The summed E-state index contributed by atoms with van der Waals surface area (Å²) < 4.78 is 0. The summed E-state index contributed by atoms with van der Waals surface area (Å²) in [5, 5.41) is 10.8. The number of carbonyl (C=O) groups is 1. The summed E-state index contributed by atoms with van der Waals surface area (Å²) in [6.45, 7) is 3.92. The fourth-order valence-electron chi connectivity index (χ4n) is 1.47. The van der Waals surface area contributed by atoms with Crippen molar-refractivity contribution >= 4 is 11.5 Å². The lowest BCUT2D eigenvalue weighted by Crippen LogP contribution is -2.21. The number of rotatable bonds is 3. The first kappa shape index (κ1) is 12.0. The van der Waals surface area contributed by atoms with Crippen LogP contribution in [0, 0.1) is 18.3 Å². The minimum Gasteiger partial charge on any atom is -0.339 e. The Morgan fingerprint density at radius 3 is 2.81 bits per heavy atom. The molecule has 0 heterocycles. The number of nitrogens with zero attached hydrogens (tertiary/aromatic N) is 1. The molecule has 0 saturated heterocycles. The van der Waals surface area contributed by atoms with Crippen LogP contribution in [0.1, 0.15) is 18.1 Å². The molecular formula is C13H14N2O. The van der Waals surface area contributed by atoms with Crippen LogP contribution in [0.25, 0.3) is 5.57 Å². The second-order valence-corrected chi connectivity index (χ2v) is 3.52. The lowest BCUT2D eigenvalue weighted by molar-refractivity contribution is -0.116. The predicted molar refractivity (Wildman–Crippen MR) is 63.5 cm³/mol. The molecule has 0 spiro atoms. The Kier molecular flexibility index (Phi) is 4.28. The number of hydrogen-bond donors (Lipinski definition) is 1. The fourth-order valence-corrected chi connectivity index (χ4v) is 1.47. The van der Waals surface area contributed by atoms with E-state index in [9.17, 15) is 4.79 Å². The number of amides is 1. The molecule has 0 saturated carbocycles. The summed E-state index contributed by atoms with van der Waals surface area (Å²) in [4.78, 5) is 11.4. The van der Waals surface area contributed by atoms with E-state index in [1.807, 2.05) is 44.2 Å². The van der Waals surface area contributed by atoms with Crippen molar-refractivity contribution in [3.63, 3.8) is 0 Å². The smallest absolute Gasteiger partial charge is 0.245 e. The van der Waals surface area contributed by atoms with Gasteiger partial charge in [-0.15, -0.1) is 0 Å². The Labute approximate surface area is 95.4 Å². The number of hydrogen-bond acceptors (Lipinski definition) is 2. The van der Waals surface area contributed by atoms with E-state index >= 15 is 0 Å². The fraction of sp³-hybridized carbons (Fsp3) is 0.231. The summed E-state index contributed by atoms with van der Waals surface area (Å²) >= 11 is 0. The Bertz CT molecular complexity index is 455. The third kappa shape index (κ3) is 3.25. The van der Waals surface area contributed by atoms with Crippen molar-refractivity contribution in [1.29, 1.82) is 5.26 Å². The van der Waals surface area contributed by atoms with Gasteiger partial charge in [-0.05, 0) is 30.5 Å². The van der Waals surface area contributed by atoms with Gasteiger partial charge in [0.1, 0.15) is 6.54 Å². The van der Waals surface area contributed by atoms with Crippen LogP contribution in [0.5, 0.6) is 0 Å². The molecule has 0 atom stereocenters. The molecule has 1 aromatic carbocycles. The number of nitrogens with one attached hydrogen (secondary N) is 1. The number of aryl methyl sites for hydroxylation is 1. The van der Waals surface area contributed by atoms with Crippen LogP contribution in [-0.2, 0) is 4.79 Å². The van der Waals surface area contributed by atoms with Crippen LogP contribution in [0.4, 0.5) is 0 Å². The number of carbonyl (C=O) groups excluding carboxylic acids is 1. The van der Waals surface area contributed by atoms with Crippen molar-refractivity contribution in [2.75, 3.05) is 6.54 Å². The maximum Gasteiger partial charge on any atom is 0.245 e. The van der Waals surface area contributed by atoms with Gasteiger partial charge in [-0.3, -0.25) is 4.79 Å². The molecule has 1 rings (SSSR count). The molecular weight excluding hydrogens is 200 g/mol. The van der Waals surface area contributed by atoms with Crippen molar-refractivity contribution in [1.82, 2.24) is 5.32 Å². The zero-order chi connectivity index (χ0) is 12.0. The third-order valence-electron chi connectivity index (χ3n) is 2.26. The minimum absolute atomic E-state index is 0.0381. The molecule has 0 bridgehead atoms. The van der Waals surface area contributed by atoms with Gasteiger partial charge in [0.25, 0.3) is 0 Å². The van der Waals surface area contributed by atoms with Gasteiger partial charge in [0.05, 0.1) is 6.07 Å². The molecule has 0 aliphatic carbocycles. The average Bonchev–Trinajstić information content (AvgIpc) is 2.26. The zero-order valence-electron chi connectivity index (χ0n) is 9.45. The summed E-state index contributed by atoms with van der Waals surface area (Å²) in [6, 6.07) is 9.73. The lowest BCUT2D eigenvalue weighted by atomic mass is 10.0. The zero-order valence-corrected chi connectivity index (χ0v) is 9.45. The molecule has 1 amide bonds. The molecule has 0 aromatic heterocycles. The SMILES string of the molecule is CC(=CC(=O)NCC#N)c1ccccc1C. The van der Waals surface area contributed by atoms with Gasteiger partial charge in [-0.2, -0.15) is 5.26 Å². The normalized spacial score (nSPS) is 10.7. The average molecular weight is 214 g/mol. The summed E-state index contributed by atoms with van der Waals surface area (Å²) in [5.41, 5.74) is 3.08. The Morgan fingerprint density at radius 1 is 1.50 bits per heavy atom. The van der Waals surface area contributed by atoms with E-state index in [0.29, 0.717) is 0 Å². The molecule has 0 aliphatic heterocycles. The van der Waals surface area contributed by atoms with E-state index in [2.05, 4.69) is 5.32 Å². The van der Waals surface area contributed by atoms with E-state index in [4.69, 9.17) is 5.26 Å². The van der Waals surface area contributed by atoms with E-state index in [1.54, 1.807) is 0 Å². The van der Waals surface area contributed by atoms with Gasteiger partial charge < -0.3 is 5.32 Å². The molecule has 16 heavy (non-hydrogen) atoms. The monoisotopic (exact) mass is 214 g/mol. The Hall–Kier alpha value is -2.08. The van der Waals surface area contributed by atoms with Crippen LogP contribution in [0.3, 0.4) is 0 Å². The lowest BCUT2D eigenvalue weighted by Gasteiger charge is -2.05. The van der Waals surface area contributed by atoms with Crippen LogP contribution in [-0.4, -0.2) is 12.5 Å². The Morgan fingerprint density at radius 2 is 2.19 bits per heavy atom. The molecule has 0 radical (unpaired) electrons. The second-order valence-electron chi connectivity index (χ2n) is 3.52. The topological polar surface area (TPSA) is 52.9 Å². The molecule has 0 unspecified atom stereocenters. The first-order chi connectivity index (χ1) is 7.65. The quantitative estimate of drug-likeness (QED) is 0.618. The number of allylic oxidation sites excluding steroid dienone is 1. The first-order valence-electron chi connectivity index (χ1n) is 5.04. The molecule has 0 fully saturated rings. The van der Waals surface area contributed by atoms with E-state index < -0.39 is 0 Å². The van der Waals surface area contributed by atoms with E-state index in [1.165, 1.54) is 6.08 Å². The third-order valence-corrected chi connectivity index (χ3v) is 2.26. The highest BCUT2D eigenvalue weighted by molar-refractivity contribution is 5.95. The molecule has 1 aromatic rings.